The predicted octanol–water partition coefficient (Wildman–Crippen LogP) is 1.82. The minimum Gasteiger partial charge on any atom is -0.480 e. The number of carbonyl (C=O) groups excluding carboxylic acids is 1. The third-order valence-electron chi connectivity index (χ3n) is 3.70. The van der Waals surface area contributed by atoms with E-state index in [0.29, 0.717) is 11.3 Å². The summed E-state index contributed by atoms with van der Waals surface area (Å²) in [7, 11) is 1.41. The normalized spacial score (nSPS) is 18.4. The fourth-order valence-electron chi connectivity index (χ4n) is 2.49. The fraction of sp³-hybridized carbons (Fsp3) is 0.462. The van der Waals surface area contributed by atoms with E-state index in [-0.39, 0.29) is 24.5 Å². The Morgan fingerprint density at radius 2 is 2.14 bits per heavy atom. The van der Waals surface area contributed by atoms with Gasteiger partial charge in [0.15, 0.2) is 11.3 Å². The van der Waals surface area contributed by atoms with Crippen LogP contribution in [-0.4, -0.2) is 51.3 Å². The Bertz CT molecular complexity index is 741. The number of ether oxygens (including phenoxy) is 1. The third kappa shape index (κ3) is 2.16. The lowest BCUT2D eigenvalue weighted by Gasteiger charge is -2.41. The van der Waals surface area contributed by atoms with Crippen LogP contribution in [0.1, 0.15) is 22.6 Å². The van der Waals surface area contributed by atoms with Crippen molar-refractivity contribution >= 4 is 11.6 Å². The predicted molar refractivity (Wildman–Crippen MR) is 69.8 cm³/mol. The number of halogens is 3. The van der Waals surface area contributed by atoms with Crippen LogP contribution in [0.3, 0.4) is 0 Å². The van der Waals surface area contributed by atoms with Crippen LogP contribution in [0.25, 0.3) is 5.65 Å². The van der Waals surface area contributed by atoms with Gasteiger partial charge in [0.1, 0.15) is 6.04 Å². The Hall–Kier alpha value is -2.32. The van der Waals surface area contributed by atoms with Gasteiger partial charge in [-0.2, -0.15) is 13.2 Å². The van der Waals surface area contributed by atoms with Crippen LogP contribution in [0.5, 0.6) is 5.88 Å². The van der Waals surface area contributed by atoms with Crippen molar-refractivity contribution < 1.29 is 22.7 Å². The Labute approximate surface area is 123 Å². The molecule has 1 atom stereocenters. The molecule has 1 saturated heterocycles. The van der Waals surface area contributed by atoms with Gasteiger partial charge in [-0.1, -0.05) is 0 Å². The molecule has 1 fully saturated rings. The van der Waals surface area contributed by atoms with E-state index in [1.807, 2.05) is 0 Å². The molecule has 22 heavy (non-hydrogen) atoms. The minimum atomic E-state index is -4.42. The van der Waals surface area contributed by atoms with E-state index in [0.717, 1.165) is 4.90 Å². The second-order valence-corrected chi connectivity index (χ2v) is 5.04. The van der Waals surface area contributed by atoms with Crippen LogP contribution >= 0.6 is 0 Å². The van der Waals surface area contributed by atoms with Crippen molar-refractivity contribution in [3.05, 3.63) is 23.5 Å². The monoisotopic (exact) mass is 314 g/mol. The molecule has 0 aromatic carbocycles. The molecule has 2 aromatic heterocycles. The van der Waals surface area contributed by atoms with E-state index in [9.17, 15) is 18.0 Å². The Morgan fingerprint density at radius 3 is 2.68 bits per heavy atom. The number of fused-ring (bicyclic) bond motifs is 1. The lowest BCUT2D eigenvalue weighted by Crippen LogP contribution is -2.58. The molecule has 0 radical (unpaired) electrons. The molecule has 0 aliphatic carbocycles. The number of hydrogen-bond donors (Lipinski definition) is 0. The van der Waals surface area contributed by atoms with Crippen molar-refractivity contribution in [3.8, 4) is 5.88 Å². The molecule has 118 valence electrons. The first-order chi connectivity index (χ1) is 10.3. The maximum absolute atomic E-state index is 12.8. The SMILES string of the molecule is COc1ccc2nc(C)c(C(=O)N3CCC3C(F)(F)F)n2n1. The summed E-state index contributed by atoms with van der Waals surface area (Å²) < 4.78 is 44.7. The molecule has 0 N–H and O–H groups in total. The van der Waals surface area contributed by atoms with Gasteiger partial charge in [-0.3, -0.25) is 4.79 Å². The highest BCUT2D eigenvalue weighted by atomic mass is 19.4. The highest BCUT2D eigenvalue weighted by molar-refractivity contribution is 5.95. The van der Waals surface area contributed by atoms with Crippen molar-refractivity contribution in [2.75, 3.05) is 13.7 Å². The first kappa shape index (κ1) is 14.6. The highest BCUT2D eigenvalue weighted by Crippen LogP contribution is 2.34. The maximum Gasteiger partial charge on any atom is 0.408 e. The Kier molecular flexibility index (Phi) is 3.22. The number of aromatic nitrogens is 3. The zero-order chi connectivity index (χ0) is 16.1. The molecular weight excluding hydrogens is 301 g/mol. The minimum absolute atomic E-state index is 0.0304. The Morgan fingerprint density at radius 1 is 1.41 bits per heavy atom. The average Bonchev–Trinajstić information content (AvgIpc) is 2.69. The molecule has 3 heterocycles. The lowest BCUT2D eigenvalue weighted by molar-refractivity contribution is -0.199. The topological polar surface area (TPSA) is 59.7 Å². The number of methoxy groups -OCH3 is 1. The second-order valence-electron chi connectivity index (χ2n) is 5.04. The largest absolute Gasteiger partial charge is 0.480 e. The third-order valence-corrected chi connectivity index (χ3v) is 3.70. The van der Waals surface area contributed by atoms with Crippen LogP contribution < -0.4 is 4.74 Å². The van der Waals surface area contributed by atoms with E-state index >= 15 is 0 Å². The number of nitrogens with zero attached hydrogens (tertiary/aromatic N) is 4. The summed E-state index contributed by atoms with van der Waals surface area (Å²) in [6.45, 7) is 1.64. The summed E-state index contributed by atoms with van der Waals surface area (Å²) in [6, 6.07) is 1.42. The van der Waals surface area contributed by atoms with Crippen LogP contribution in [0, 0.1) is 6.92 Å². The summed E-state index contributed by atoms with van der Waals surface area (Å²) in [5.41, 5.74) is 0.743. The van der Waals surface area contributed by atoms with Crippen molar-refractivity contribution in [3.63, 3.8) is 0 Å². The van der Waals surface area contributed by atoms with Gasteiger partial charge in [0.05, 0.1) is 12.8 Å². The van der Waals surface area contributed by atoms with Crippen LogP contribution in [0.15, 0.2) is 12.1 Å². The van der Waals surface area contributed by atoms with E-state index in [4.69, 9.17) is 4.74 Å². The molecule has 0 spiro atoms. The van der Waals surface area contributed by atoms with Gasteiger partial charge in [-0.15, -0.1) is 5.10 Å². The van der Waals surface area contributed by atoms with Crippen molar-refractivity contribution in [1.82, 2.24) is 19.5 Å². The van der Waals surface area contributed by atoms with Gasteiger partial charge >= 0.3 is 6.18 Å². The maximum atomic E-state index is 12.8. The van der Waals surface area contributed by atoms with Gasteiger partial charge in [-0.05, 0) is 19.4 Å². The molecule has 0 bridgehead atoms. The van der Waals surface area contributed by atoms with E-state index in [1.165, 1.54) is 11.6 Å². The average molecular weight is 314 g/mol. The lowest BCUT2D eigenvalue weighted by atomic mass is 10.0. The number of carbonyl (C=O) groups is 1. The number of amides is 1. The summed E-state index contributed by atoms with van der Waals surface area (Å²) in [5.74, 6) is -0.478. The molecule has 2 aromatic rings. The highest BCUT2D eigenvalue weighted by Gasteiger charge is 2.51. The summed E-state index contributed by atoms with van der Waals surface area (Å²) in [4.78, 5) is 17.4. The van der Waals surface area contributed by atoms with Crippen molar-refractivity contribution in [1.29, 1.82) is 0 Å². The zero-order valence-electron chi connectivity index (χ0n) is 11.9. The van der Waals surface area contributed by atoms with Crippen LogP contribution in [0.2, 0.25) is 0 Å². The number of hydrogen-bond acceptors (Lipinski definition) is 4. The van der Waals surface area contributed by atoms with E-state index in [2.05, 4.69) is 10.1 Å². The van der Waals surface area contributed by atoms with Crippen LogP contribution in [0.4, 0.5) is 13.2 Å². The number of aryl methyl sites for hydroxylation is 1. The molecule has 0 saturated carbocycles. The molecule has 9 heteroatoms. The van der Waals surface area contributed by atoms with Crippen molar-refractivity contribution in [2.45, 2.75) is 25.6 Å². The van der Waals surface area contributed by atoms with Gasteiger partial charge in [0.25, 0.3) is 5.91 Å². The van der Waals surface area contributed by atoms with Gasteiger partial charge < -0.3 is 9.64 Å². The smallest absolute Gasteiger partial charge is 0.408 e. The molecule has 1 aliphatic heterocycles. The van der Waals surface area contributed by atoms with Gasteiger partial charge in [-0.25, -0.2) is 9.50 Å². The Balaban J connectivity index is 2.02. The van der Waals surface area contributed by atoms with E-state index in [1.54, 1.807) is 19.1 Å². The molecule has 3 rings (SSSR count). The van der Waals surface area contributed by atoms with Crippen molar-refractivity contribution in [2.24, 2.45) is 0 Å². The van der Waals surface area contributed by atoms with Gasteiger partial charge in [0.2, 0.25) is 5.88 Å². The quantitative estimate of drug-likeness (QED) is 0.848. The number of alkyl halides is 3. The van der Waals surface area contributed by atoms with E-state index < -0.39 is 18.1 Å². The van der Waals surface area contributed by atoms with Crippen LogP contribution in [-0.2, 0) is 0 Å². The summed E-state index contributed by atoms with van der Waals surface area (Å²) >= 11 is 0. The number of rotatable bonds is 2. The van der Waals surface area contributed by atoms with Gasteiger partial charge in [0, 0.05) is 12.6 Å². The second kappa shape index (κ2) is 4.85. The standard InChI is InChI=1S/C13H13F3N4O2/c1-7-11(12(21)19-6-5-8(19)13(14,15)16)20-9(17-7)3-4-10(18-20)22-2/h3-4,8H,5-6H2,1-2H3. The first-order valence-corrected chi connectivity index (χ1v) is 6.61. The molecule has 1 unspecified atom stereocenters. The summed E-state index contributed by atoms with van der Waals surface area (Å²) in [6.07, 6.45) is -4.50. The molecule has 1 amide bonds. The fourth-order valence-corrected chi connectivity index (χ4v) is 2.49. The molecule has 1 aliphatic rings. The number of likely N-dealkylation sites (tertiary alicyclic amines) is 1. The first-order valence-electron chi connectivity index (χ1n) is 6.61. The molecule has 6 nitrogen and oxygen atoms in total. The number of imidazole rings is 1. The zero-order valence-corrected chi connectivity index (χ0v) is 11.9. The molecular formula is C13H13F3N4O2. The summed E-state index contributed by atoms with van der Waals surface area (Å²) in [5, 5.41) is 4.07.